The first-order valence-corrected chi connectivity index (χ1v) is 8.48. The van der Waals surface area contributed by atoms with Crippen LogP contribution in [0, 0.1) is 0 Å². The number of ether oxygens (including phenoxy) is 2. The Labute approximate surface area is 153 Å². The van der Waals surface area contributed by atoms with Gasteiger partial charge in [0.05, 0.1) is 18.7 Å². The number of methoxy groups -OCH3 is 1. The summed E-state index contributed by atoms with van der Waals surface area (Å²) in [6, 6.07) is 12.7. The molecule has 2 aromatic carbocycles. The van der Waals surface area contributed by atoms with Crippen LogP contribution in [0.25, 0.3) is 0 Å². The first kappa shape index (κ1) is 18.9. The number of urea groups is 1. The van der Waals surface area contributed by atoms with Gasteiger partial charge in [0.15, 0.2) is 0 Å². The van der Waals surface area contributed by atoms with Crippen molar-refractivity contribution in [2.75, 3.05) is 25.6 Å². The molecule has 0 radical (unpaired) electrons. The lowest BCUT2D eigenvalue weighted by molar-refractivity contribution is 0.247. The maximum absolute atomic E-state index is 11.9. The minimum absolute atomic E-state index is 0.319. The highest BCUT2D eigenvalue weighted by Crippen LogP contribution is 2.27. The number of carbonyl (C=O) groups excluding carboxylic acids is 1. The van der Waals surface area contributed by atoms with Crippen LogP contribution in [0.3, 0.4) is 0 Å². The van der Waals surface area contributed by atoms with Crippen LogP contribution in [0.15, 0.2) is 42.5 Å². The van der Waals surface area contributed by atoms with Gasteiger partial charge in [-0.1, -0.05) is 37.6 Å². The van der Waals surface area contributed by atoms with Crippen LogP contribution in [-0.2, 0) is 0 Å². The minimum Gasteiger partial charge on any atom is -0.495 e. The first-order chi connectivity index (χ1) is 12.0. The highest BCUT2D eigenvalue weighted by Gasteiger charge is 2.05. The number of amides is 2. The second kappa shape index (κ2) is 9.18. The molecule has 25 heavy (non-hydrogen) atoms. The largest absolute Gasteiger partial charge is 0.495 e. The van der Waals surface area contributed by atoms with Crippen molar-refractivity contribution in [3.8, 4) is 11.5 Å². The normalized spacial score (nSPS) is 10.4. The van der Waals surface area contributed by atoms with Crippen LogP contribution in [0.5, 0.6) is 11.5 Å². The van der Waals surface area contributed by atoms with Crippen molar-refractivity contribution < 1.29 is 14.3 Å². The molecule has 0 unspecified atom stereocenters. The smallest absolute Gasteiger partial charge is 0.319 e. The highest BCUT2D eigenvalue weighted by atomic mass is 35.5. The van der Waals surface area contributed by atoms with Gasteiger partial charge >= 0.3 is 6.03 Å². The standard InChI is InChI=1S/C19H23ClN2O3/c1-13(2)14-5-4-6-16(11-14)25-10-9-21-19(23)22-15-7-8-18(24-3)17(20)12-15/h4-8,11-13H,9-10H2,1-3H3,(H2,21,22,23). The summed E-state index contributed by atoms with van der Waals surface area (Å²) in [7, 11) is 1.54. The molecule has 2 amide bonds. The van der Waals surface area contributed by atoms with E-state index in [1.54, 1.807) is 18.2 Å². The van der Waals surface area contributed by atoms with Gasteiger partial charge in [0.2, 0.25) is 0 Å². The van der Waals surface area contributed by atoms with Gasteiger partial charge in [-0.05, 0) is 41.8 Å². The molecular formula is C19H23ClN2O3. The topological polar surface area (TPSA) is 59.6 Å². The number of nitrogens with one attached hydrogen (secondary N) is 2. The third-order valence-electron chi connectivity index (χ3n) is 3.59. The Hall–Kier alpha value is -2.40. The zero-order valence-electron chi connectivity index (χ0n) is 14.6. The van der Waals surface area contributed by atoms with E-state index in [2.05, 4.69) is 30.5 Å². The van der Waals surface area contributed by atoms with Crippen molar-refractivity contribution in [1.82, 2.24) is 5.32 Å². The summed E-state index contributed by atoms with van der Waals surface area (Å²) in [6.45, 7) is 5.05. The van der Waals surface area contributed by atoms with Crippen molar-refractivity contribution in [2.24, 2.45) is 0 Å². The molecule has 0 aliphatic heterocycles. The zero-order valence-corrected chi connectivity index (χ0v) is 15.4. The lowest BCUT2D eigenvalue weighted by atomic mass is 10.0. The number of benzene rings is 2. The molecule has 0 aliphatic carbocycles. The van der Waals surface area contributed by atoms with E-state index in [-0.39, 0.29) is 6.03 Å². The number of hydrogen-bond acceptors (Lipinski definition) is 3. The van der Waals surface area contributed by atoms with E-state index in [1.807, 2.05) is 18.2 Å². The van der Waals surface area contributed by atoms with Crippen LogP contribution in [0.1, 0.15) is 25.3 Å². The van der Waals surface area contributed by atoms with Gasteiger partial charge in [0, 0.05) is 5.69 Å². The fourth-order valence-corrected chi connectivity index (χ4v) is 2.47. The number of carbonyl (C=O) groups is 1. The van der Waals surface area contributed by atoms with Crippen molar-refractivity contribution in [2.45, 2.75) is 19.8 Å². The SMILES string of the molecule is COc1ccc(NC(=O)NCCOc2cccc(C(C)C)c2)cc1Cl. The van der Waals surface area contributed by atoms with Gasteiger partial charge < -0.3 is 20.1 Å². The molecule has 0 saturated carbocycles. The van der Waals surface area contributed by atoms with Crippen LogP contribution in [0.2, 0.25) is 5.02 Å². The first-order valence-electron chi connectivity index (χ1n) is 8.10. The maximum Gasteiger partial charge on any atom is 0.319 e. The molecule has 0 saturated heterocycles. The summed E-state index contributed by atoms with van der Waals surface area (Å²) in [5.74, 6) is 1.81. The summed E-state index contributed by atoms with van der Waals surface area (Å²) < 4.78 is 10.7. The van der Waals surface area contributed by atoms with Gasteiger partial charge in [-0.15, -0.1) is 0 Å². The molecule has 2 aromatic rings. The zero-order chi connectivity index (χ0) is 18.2. The lowest BCUT2D eigenvalue weighted by Gasteiger charge is -2.11. The molecule has 0 fully saturated rings. The van der Waals surface area contributed by atoms with Crippen LogP contribution in [0.4, 0.5) is 10.5 Å². The molecule has 0 bridgehead atoms. The minimum atomic E-state index is -0.319. The second-order valence-electron chi connectivity index (χ2n) is 5.81. The Morgan fingerprint density at radius 2 is 2.00 bits per heavy atom. The average Bonchev–Trinajstić information content (AvgIpc) is 2.59. The Bertz CT molecular complexity index is 720. The molecule has 2 N–H and O–H groups in total. The molecule has 5 nitrogen and oxygen atoms in total. The number of rotatable bonds is 7. The molecule has 2 rings (SSSR count). The lowest BCUT2D eigenvalue weighted by Crippen LogP contribution is -2.32. The molecule has 0 aromatic heterocycles. The Kier molecular flexibility index (Phi) is 6.95. The van der Waals surface area contributed by atoms with E-state index in [9.17, 15) is 4.79 Å². The third kappa shape index (κ3) is 5.87. The van der Waals surface area contributed by atoms with E-state index in [0.29, 0.717) is 35.5 Å². The van der Waals surface area contributed by atoms with E-state index in [1.165, 1.54) is 12.7 Å². The fraction of sp³-hybridized carbons (Fsp3) is 0.316. The molecular weight excluding hydrogens is 340 g/mol. The highest BCUT2D eigenvalue weighted by molar-refractivity contribution is 6.32. The van der Waals surface area contributed by atoms with Gasteiger partial charge in [-0.25, -0.2) is 4.79 Å². The predicted molar refractivity (Wildman–Crippen MR) is 101 cm³/mol. The molecule has 0 spiro atoms. The summed E-state index contributed by atoms with van der Waals surface area (Å²) in [6.07, 6.45) is 0. The van der Waals surface area contributed by atoms with Gasteiger partial charge in [-0.3, -0.25) is 0 Å². The summed E-state index contributed by atoms with van der Waals surface area (Å²) in [4.78, 5) is 11.9. The van der Waals surface area contributed by atoms with E-state index >= 15 is 0 Å². The van der Waals surface area contributed by atoms with Crippen LogP contribution in [-0.4, -0.2) is 26.3 Å². The van der Waals surface area contributed by atoms with Crippen molar-refractivity contribution in [1.29, 1.82) is 0 Å². The third-order valence-corrected chi connectivity index (χ3v) is 3.89. The number of halogens is 1. The summed E-state index contributed by atoms with van der Waals surface area (Å²) >= 11 is 6.03. The average molecular weight is 363 g/mol. The van der Waals surface area contributed by atoms with E-state index in [4.69, 9.17) is 21.1 Å². The number of anilines is 1. The summed E-state index contributed by atoms with van der Waals surface area (Å²) in [5, 5.41) is 5.89. The molecule has 0 aliphatic rings. The molecule has 0 heterocycles. The van der Waals surface area contributed by atoms with Gasteiger partial charge in [0.1, 0.15) is 18.1 Å². The van der Waals surface area contributed by atoms with Crippen molar-refractivity contribution in [3.63, 3.8) is 0 Å². The van der Waals surface area contributed by atoms with Gasteiger partial charge in [-0.2, -0.15) is 0 Å². The quantitative estimate of drug-likeness (QED) is 0.703. The Balaban J connectivity index is 1.75. The fourth-order valence-electron chi connectivity index (χ4n) is 2.22. The number of hydrogen-bond donors (Lipinski definition) is 2. The van der Waals surface area contributed by atoms with Crippen LogP contribution < -0.4 is 20.1 Å². The molecule has 0 atom stereocenters. The Morgan fingerprint density at radius 3 is 2.68 bits per heavy atom. The molecule has 134 valence electrons. The van der Waals surface area contributed by atoms with E-state index < -0.39 is 0 Å². The monoisotopic (exact) mass is 362 g/mol. The van der Waals surface area contributed by atoms with Gasteiger partial charge in [0.25, 0.3) is 0 Å². The van der Waals surface area contributed by atoms with Crippen molar-refractivity contribution in [3.05, 3.63) is 53.1 Å². The second-order valence-corrected chi connectivity index (χ2v) is 6.21. The predicted octanol–water partition coefficient (Wildman–Crippen LogP) is 4.67. The summed E-state index contributed by atoms with van der Waals surface area (Å²) in [5.41, 5.74) is 1.81. The molecule has 6 heteroatoms. The Morgan fingerprint density at radius 1 is 1.20 bits per heavy atom. The maximum atomic E-state index is 11.9. The van der Waals surface area contributed by atoms with E-state index in [0.717, 1.165) is 5.75 Å². The van der Waals surface area contributed by atoms with Crippen LogP contribution >= 0.6 is 11.6 Å². The van der Waals surface area contributed by atoms with Crippen molar-refractivity contribution >= 4 is 23.3 Å².